The van der Waals surface area contributed by atoms with Crippen LogP contribution >= 0.6 is 0 Å². The molecular weight excluding hydrogens is 479 g/mol. The highest BCUT2D eigenvalue weighted by Crippen LogP contribution is 2.40. The van der Waals surface area contributed by atoms with Gasteiger partial charge in [0, 0.05) is 25.3 Å². The first-order chi connectivity index (χ1) is 17.9. The molecule has 1 fully saturated rings. The molecule has 0 atom stereocenters. The fourth-order valence-corrected chi connectivity index (χ4v) is 5.43. The Labute approximate surface area is 212 Å². The van der Waals surface area contributed by atoms with Crippen molar-refractivity contribution >= 4 is 28.5 Å². The number of fused-ring (bicyclic) bond motifs is 2. The molecule has 37 heavy (non-hydrogen) atoms. The van der Waals surface area contributed by atoms with E-state index in [1.54, 1.807) is 12.3 Å². The molecule has 2 aromatic carbocycles. The summed E-state index contributed by atoms with van der Waals surface area (Å²) in [5.74, 6) is -2.41. The number of piperidine rings is 1. The number of halogens is 3. The van der Waals surface area contributed by atoms with Crippen LogP contribution in [0.1, 0.15) is 31.7 Å². The van der Waals surface area contributed by atoms with Gasteiger partial charge in [-0.1, -0.05) is 19.1 Å². The van der Waals surface area contributed by atoms with Crippen LogP contribution in [-0.4, -0.2) is 46.3 Å². The van der Waals surface area contributed by atoms with Gasteiger partial charge in [0.2, 0.25) is 0 Å². The fraction of sp³-hybridized carbons (Fsp3) is 0.370. The summed E-state index contributed by atoms with van der Waals surface area (Å²) >= 11 is 0. The second kappa shape index (κ2) is 9.02. The molecular formula is C27H28F3N7. The predicted molar refractivity (Wildman–Crippen MR) is 137 cm³/mol. The van der Waals surface area contributed by atoms with Gasteiger partial charge in [-0.25, -0.2) is 23.1 Å². The summed E-state index contributed by atoms with van der Waals surface area (Å²) in [7, 11) is 0. The average Bonchev–Trinajstić information content (AvgIpc) is 3.34. The van der Waals surface area contributed by atoms with Crippen molar-refractivity contribution in [3.8, 4) is 11.1 Å². The normalized spacial score (nSPS) is 17.3. The molecule has 2 aliphatic heterocycles. The third-order valence-corrected chi connectivity index (χ3v) is 7.83. The van der Waals surface area contributed by atoms with Gasteiger partial charge < -0.3 is 15.5 Å². The first-order valence-corrected chi connectivity index (χ1v) is 12.6. The zero-order valence-corrected chi connectivity index (χ0v) is 20.6. The minimum Gasteiger partial charge on any atom is -0.355 e. The SMILES string of the molecule is CC1(CN)CCN(c2cnc3c(N4CCCc5c(-c6cc(F)c(F)c(F)c6)cccc54)n[nH]c3n2)CC1. The van der Waals surface area contributed by atoms with E-state index < -0.39 is 17.5 Å². The molecule has 2 aromatic heterocycles. The van der Waals surface area contributed by atoms with Crippen molar-refractivity contribution in [3.05, 3.63) is 59.5 Å². The van der Waals surface area contributed by atoms with Crippen LogP contribution < -0.4 is 15.5 Å². The minimum atomic E-state index is -1.46. The Morgan fingerprint density at radius 2 is 1.84 bits per heavy atom. The van der Waals surface area contributed by atoms with E-state index in [-0.39, 0.29) is 5.41 Å². The van der Waals surface area contributed by atoms with Gasteiger partial charge in [0.25, 0.3) is 0 Å². The van der Waals surface area contributed by atoms with Crippen molar-refractivity contribution in [1.82, 2.24) is 20.2 Å². The van der Waals surface area contributed by atoms with Crippen molar-refractivity contribution < 1.29 is 13.2 Å². The zero-order valence-electron chi connectivity index (χ0n) is 20.6. The molecule has 192 valence electrons. The van der Waals surface area contributed by atoms with Crippen LogP contribution in [0.3, 0.4) is 0 Å². The molecule has 6 rings (SSSR count). The Hall–Kier alpha value is -3.66. The summed E-state index contributed by atoms with van der Waals surface area (Å²) in [5, 5.41) is 7.59. The number of nitrogens with zero attached hydrogens (tertiary/aromatic N) is 5. The Morgan fingerprint density at radius 1 is 1.08 bits per heavy atom. The van der Waals surface area contributed by atoms with E-state index in [1.165, 1.54) is 0 Å². The van der Waals surface area contributed by atoms with Crippen molar-refractivity contribution in [2.24, 2.45) is 11.1 Å². The van der Waals surface area contributed by atoms with E-state index in [2.05, 4.69) is 26.9 Å². The molecule has 0 aliphatic carbocycles. The van der Waals surface area contributed by atoms with Crippen molar-refractivity contribution in [3.63, 3.8) is 0 Å². The third kappa shape index (κ3) is 4.09. The maximum Gasteiger partial charge on any atom is 0.194 e. The van der Waals surface area contributed by atoms with E-state index in [0.717, 1.165) is 68.0 Å². The molecule has 0 bridgehead atoms. The molecule has 0 unspecified atom stereocenters. The first kappa shape index (κ1) is 23.7. The smallest absolute Gasteiger partial charge is 0.194 e. The lowest BCUT2D eigenvalue weighted by molar-refractivity contribution is 0.258. The van der Waals surface area contributed by atoms with Crippen LogP contribution in [0, 0.1) is 22.9 Å². The number of H-pyrrole nitrogens is 1. The summed E-state index contributed by atoms with van der Waals surface area (Å²) in [5.41, 5.74) is 10.2. The zero-order chi connectivity index (χ0) is 25.7. The average molecular weight is 508 g/mol. The number of rotatable bonds is 4. The van der Waals surface area contributed by atoms with Gasteiger partial charge in [0.05, 0.1) is 6.20 Å². The van der Waals surface area contributed by atoms with Crippen LogP contribution in [0.4, 0.5) is 30.5 Å². The molecule has 2 aliphatic rings. The molecule has 0 radical (unpaired) electrons. The van der Waals surface area contributed by atoms with Gasteiger partial charge in [-0.3, -0.25) is 5.10 Å². The summed E-state index contributed by atoms with van der Waals surface area (Å²) in [6.45, 7) is 5.37. The quantitative estimate of drug-likeness (QED) is 0.375. The number of hydrogen-bond acceptors (Lipinski definition) is 6. The molecule has 10 heteroatoms. The summed E-state index contributed by atoms with van der Waals surface area (Å²) in [4.78, 5) is 13.8. The lowest BCUT2D eigenvalue weighted by Crippen LogP contribution is -2.42. The Balaban J connectivity index is 1.34. The van der Waals surface area contributed by atoms with Crippen molar-refractivity contribution in [2.75, 3.05) is 36.0 Å². The Bertz CT molecular complexity index is 1450. The van der Waals surface area contributed by atoms with E-state index in [9.17, 15) is 13.2 Å². The molecule has 1 saturated heterocycles. The number of aromatic amines is 1. The molecule has 4 aromatic rings. The molecule has 0 amide bonds. The van der Waals surface area contributed by atoms with Gasteiger partial charge in [-0.05, 0) is 72.5 Å². The second-order valence-corrected chi connectivity index (χ2v) is 10.3. The van der Waals surface area contributed by atoms with E-state index >= 15 is 0 Å². The van der Waals surface area contributed by atoms with Gasteiger partial charge in [0.1, 0.15) is 5.82 Å². The topological polar surface area (TPSA) is 87.0 Å². The number of nitrogens with one attached hydrogen (secondary N) is 1. The van der Waals surface area contributed by atoms with Gasteiger partial charge in [-0.15, -0.1) is 0 Å². The summed E-state index contributed by atoms with van der Waals surface area (Å²) < 4.78 is 41.6. The Kier molecular flexibility index (Phi) is 5.78. The monoisotopic (exact) mass is 507 g/mol. The van der Waals surface area contributed by atoms with Crippen molar-refractivity contribution in [1.29, 1.82) is 0 Å². The molecule has 4 heterocycles. The third-order valence-electron chi connectivity index (χ3n) is 7.83. The maximum atomic E-state index is 14.0. The van der Waals surface area contributed by atoms with Crippen LogP contribution in [0.25, 0.3) is 22.3 Å². The summed E-state index contributed by atoms with van der Waals surface area (Å²) in [6.07, 6.45) is 5.33. The number of anilines is 3. The van der Waals surface area contributed by atoms with Crippen LogP contribution in [0.5, 0.6) is 0 Å². The number of benzene rings is 2. The number of hydrogen-bond donors (Lipinski definition) is 2. The highest BCUT2D eigenvalue weighted by molar-refractivity contribution is 5.89. The highest BCUT2D eigenvalue weighted by atomic mass is 19.2. The standard InChI is InChI=1S/C27H28F3N7/c1-27(15-31)7-10-36(11-8-27)22-14-32-24-25(33-22)34-35-26(24)37-9-3-5-18-17(4-2-6-21(18)37)16-12-19(28)23(30)20(29)13-16/h2,4,6,12-14H,3,5,7-11,15,31H2,1H3,(H,33,34,35). The van der Waals surface area contributed by atoms with Crippen LogP contribution in [0.15, 0.2) is 36.5 Å². The second-order valence-electron chi connectivity index (χ2n) is 10.3. The minimum absolute atomic E-state index is 0.168. The van der Waals surface area contributed by atoms with Gasteiger partial charge in [0.15, 0.2) is 34.4 Å². The first-order valence-electron chi connectivity index (χ1n) is 12.6. The van der Waals surface area contributed by atoms with Gasteiger partial charge in [-0.2, -0.15) is 5.10 Å². The maximum absolute atomic E-state index is 14.0. The van der Waals surface area contributed by atoms with E-state index in [1.807, 2.05) is 12.1 Å². The van der Waals surface area contributed by atoms with E-state index in [0.29, 0.717) is 41.2 Å². The molecule has 3 N–H and O–H groups in total. The largest absolute Gasteiger partial charge is 0.355 e. The molecule has 7 nitrogen and oxygen atoms in total. The summed E-state index contributed by atoms with van der Waals surface area (Å²) in [6, 6.07) is 7.67. The van der Waals surface area contributed by atoms with E-state index in [4.69, 9.17) is 15.7 Å². The lowest BCUT2D eigenvalue weighted by Gasteiger charge is -2.39. The highest BCUT2D eigenvalue weighted by Gasteiger charge is 2.30. The molecule has 0 saturated carbocycles. The predicted octanol–water partition coefficient (Wildman–Crippen LogP) is 5.09. The number of nitrogens with two attached hydrogens (primary N) is 1. The lowest BCUT2D eigenvalue weighted by atomic mass is 9.80. The Morgan fingerprint density at radius 3 is 2.57 bits per heavy atom. The number of aromatic nitrogens is 4. The van der Waals surface area contributed by atoms with Crippen molar-refractivity contribution in [2.45, 2.75) is 32.6 Å². The molecule has 0 spiro atoms. The van der Waals surface area contributed by atoms with Crippen LogP contribution in [0.2, 0.25) is 0 Å². The van der Waals surface area contributed by atoms with Gasteiger partial charge >= 0.3 is 0 Å². The fourth-order valence-electron chi connectivity index (χ4n) is 5.43. The van der Waals surface area contributed by atoms with Crippen LogP contribution in [-0.2, 0) is 6.42 Å².